The molecule has 0 aliphatic heterocycles. The quantitative estimate of drug-likeness (QED) is 0.906. The van der Waals surface area contributed by atoms with Gasteiger partial charge in [0.15, 0.2) is 0 Å². The first-order chi connectivity index (χ1) is 8.74. The summed E-state index contributed by atoms with van der Waals surface area (Å²) in [6, 6.07) is 14.7. The van der Waals surface area contributed by atoms with Gasteiger partial charge in [0.1, 0.15) is 5.75 Å². The second kappa shape index (κ2) is 5.44. The molecule has 0 fully saturated rings. The molecule has 0 saturated carbocycles. The largest absolute Gasteiger partial charge is 0.495 e. The molecule has 0 heterocycles. The number of para-hydroxylation sites is 2. The molecule has 0 amide bonds. The molecule has 0 saturated heterocycles. The van der Waals surface area contributed by atoms with Crippen molar-refractivity contribution in [2.24, 2.45) is 0 Å². The number of benzene rings is 2. The van der Waals surface area contributed by atoms with Gasteiger partial charge in [0.25, 0.3) is 0 Å². The fourth-order valence-corrected chi connectivity index (χ4v) is 1.81. The summed E-state index contributed by atoms with van der Waals surface area (Å²) in [5.41, 5.74) is 2.09. The van der Waals surface area contributed by atoms with E-state index < -0.39 is 0 Å². The van der Waals surface area contributed by atoms with Crippen molar-refractivity contribution in [3.63, 3.8) is 0 Å². The third-order valence-electron chi connectivity index (χ3n) is 2.47. The van der Waals surface area contributed by atoms with Crippen molar-refractivity contribution in [3.05, 3.63) is 53.1 Å². The van der Waals surface area contributed by atoms with Crippen LogP contribution in [0.15, 0.2) is 42.5 Å². The van der Waals surface area contributed by atoms with E-state index in [2.05, 4.69) is 5.32 Å². The van der Waals surface area contributed by atoms with E-state index in [-0.39, 0.29) is 0 Å². The van der Waals surface area contributed by atoms with Gasteiger partial charge in [-0.1, -0.05) is 23.7 Å². The fourth-order valence-electron chi connectivity index (χ4n) is 1.58. The first-order valence-corrected chi connectivity index (χ1v) is 5.72. The third kappa shape index (κ3) is 2.55. The van der Waals surface area contributed by atoms with Crippen LogP contribution in [0.4, 0.5) is 11.4 Å². The molecule has 0 spiro atoms. The molecule has 0 aliphatic carbocycles. The Bertz CT molecular complexity index is 605. The van der Waals surface area contributed by atoms with Crippen LogP contribution in [0.5, 0.6) is 5.75 Å². The van der Waals surface area contributed by atoms with Gasteiger partial charge in [-0.15, -0.1) is 0 Å². The highest BCUT2D eigenvalue weighted by molar-refractivity contribution is 6.33. The van der Waals surface area contributed by atoms with Gasteiger partial charge in [-0.25, -0.2) is 0 Å². The van der Waals surface area contributed by atoms with E-state index in [1.165, 1.54) is 0 Å². The summed E-state index contributed by atoms with van der Waals surface area (Å²) in [5.74, 6) is 0.734. The predicted octanol–water partition coefficient (Wildman–Crippen LogP) is 3.96. The van der Waals surface area contributed by atoms with Crippen LogP contribution in [0.25, 0.3) is 0 Å². The van der Waals surface area contributed by atoms with Crippen molar-refractivity contribution >= 4 is 23.0 Å². The number of nitriles is 1. The molecule has 0 aromatic heterocycles. The second-order valence-electron chi connectivity index (χ2n) is 3.63. The number of methoxy groups -OCH3 is 1. The third-order valence-corrected chi connectivity index (χ3v) is 2.79. The second-order valence-corrected chi connectivity index (χ2v) is 4.04. The van der Waals surface area contributed by atoms with E-state index in [0.717, 1.165) is 17.1 Å². The lowest BCUT2D eigenvalue weighted by Crippen LogP contribution is -1.95. The zero-order chi connectivity index (χ0) is 13.0. The van der Waals surface area contributed by atoms with Crippen LogP contribution >= 0.6 is 11.6 Å². The lowest BCUT2D eigenvalue weighted by molar-refractivity contribution is 0.417. The highest BCUT2D eigenvalue weighted by atomic mass is 35.5. The van der Waals surface area contributed by atoms with Crippen LogP contribution in [0.3, 0.4) is 0 Å². The lowest BCUT2D eigenvalue weighted by Gasteiger charge is -2.12. The van der Waals surface area contributed by atoms with E-state index >= 15 is 0 Å². The van der Waals surface area contributed by atoms with Gasteiger partial charge in [0.05, 0.1) is 35.1 Å². The standard InChI is InChI=1S/C14H11ClN2O/c1-18-14-5-3-2-4-13(14)17-12-7-6-10(9-16)8-11(12)15/h2-8,17H,1H3. The first-order valence-electron chi connectivity index (χ1n) is 5.34. The predicted molar refractivity (Wildman–Crippen MR) is 72.4 cm³/mol. The Morgan fingerprint density at radius 3 is 2.61 bits per heavy atom. The summed E-state index contributed by atoms with van der Waals surface area (Å²) < 4.78 is 5.24. The maximum Gasteiger partial charge on any atom is 0.142 e. The summed E-state index contributed by atoms with van der Waals surface area (Å²) in [6.45, 7) is 0. The van der Waals surface area contributed by atoms with Gasteiger partial charge in [-0.2, -0.15) is 5.26 Å². The van der Waals surface area contributed by atoms with Crippen LogP contribution in [0, 0.1) is 11.3 Å². The molecule has 90 valence electrons. The average Bonchev–Trinajstić information content (AvgIpc) is 2.41. The molecule has 0 atom stereocenters. The van der Waals surface area contributed by atoms with Crippen LogP contribution in [-0.4, -0.2) is 7.11 Å². The first kappa shape index (κ1) is 12.3. The summed E-state index contributed by atoms with van der Waals surface area (Å²) in [4.78, 5) is 0. The Kier molecular flexibility index (Phi) is 3.71. The number of hydrogen-bond acceptors (Lipinski definition) is 3. The number of ether oxygens (including phenoxy) is 1. The Morgan fingerprint density at radius 2 is 1.94 bits per heavy atom. The van der Waals surface area contributed by atoms with Gasteiger partial charge < -0.3 is 10.1 Å². The van der Waals surface area contributed by atoms with Gasteiger partial charge in [-0.3, -0.25) is 0 Å². The van der Waals surface area contributed by atoms with Crippen molar-refractivity contribution in [3.8, 4) is 11.8 Å². The zero-order valence-electron chi connectivity index (χ0n) is 9.77. The lowest BCUT2D eigenvalue weighted by atomic mass is 10.2. The van der Waals surface area contributed by atoms with Crippen LogP contribution < -0.4 is 10.1 Å². The minimum absolute atomic E-state index is 0.500. The van der Waals surface area contributed by atoms with Crippen molar-refractivity contribution in [2.75, 3.05) is 12.4 Å². The topological polar surface area (TPSA) is 45.0 Å². The number of anilines is 2. The van der Waals surface area contributed by atoms with Crippen LogP contribution in [-0.2, 0) is 0 Å². The molecule has 18 heavy (non-hydrogen) atoms. The fraction of sp³-hybridized carbons (Fsp3) is 0.0714. The Hall–Kier alpha value is -2.18. The van der Waals surface area contributed by atoms with E-state index in [1.807, 2.05) is 30.3 Å². The highest BCUT2D eigenvalue weighted by Gasteiger charge is 2.05. The minimum Gasteiger partial charge on any atom is -0.495 e. The zero-order valence-corrected chi connectivity index (χ0v) is 10.5. The van der Waals surface area contributed by atoms with Crippen molar-refractivity contribution in [1.29, 1.82) is 5.26 Å². The van der Waals surface area contributed by atoms with Crippen molar-refractivity contribution in [1.82, 2.24) is 0 Å². The monoisotopic (exact) mass is 258 g/mol. The molecule has 0 radical (unpaired) electrons. The van der Waals surface area contributed by atoms with Gasteiger partial charge >= 0.3 is 0 Å². The number of rotatable bonds is 3. The molecule has 0 unspecified atom stereocenters. The molecular weight excluding hydrogens is 248 g/mol. The summed E-state index contributed by atoms with van der Waals surface area (Å²) >= 11 is 6.10. The van der Waals surface area contributed by atoms with Crippen LogP contribution in [0.1, 0.15) is 5.56 Å². The number of halogens is 1. The van der Waals surface area contributed by atoms with E-state index in [0.29, 0.717) is 10.6 Å². The van der Waals surface area contributed by atoms with Gasteiger partial charge in [-0.05, 0) is 30.3 Å². The van der Waals surface area contributed by atoms with E-state index in [1.54, 1.807) is 25.3 Å². The summed E-state index contributed by atoms with van der Waals surface area (Å²) in [5, 5.41) is 12.5. The van der Waals surface area contributed by atoms with Crippen molar-refractivity contribution < 1.29 is 4.74 Å². The molecular formula is C14H11ClN2O. The minimum atomic E-state index is 0.500. The van der Waals surface area contributed by atoms with Gasteiger partial charge in [0, 0.05) is 0 Å². The molecule has 0 bridgehead atoms. The maximum absolute atomic E-state index is 8.78. The molecule has 2 aromatic rings. The Balaban J connectivity index is 2.32. The molecule has 0 aliphatic rings. The highest BCUT2D eigenvalue weighted by Crippen LogP contribution is 2.31. The molecule has 1 N–H and O–H groups in total. The van der Waals surface area contributed by atoms with Crippen molar-refractivity contribution in [2.45, 2.75) is 0 Å². The summed E-state index contributed by atoms with van der Waals surface area (Å²) in [6.07, 6.45) is 0. The Labute approximate surface area is 111 Å². The normalized spacial score (nSPS) is 9.61. The van der Waals surface area contributed by atoms with E-state index in [4.69, 9.17) is 21.6 Å². The average molecular weight is 259 g/mol. The van der Waals surface area contributed by atoms with Crippen LogP contribution in [0.2, 0.25) is 5.02 Å². The molecule has 2 rings (SSSR count). The molecule has 2 aromatic carbocycles. The molecule has 4 heteroatoms. The van der Waals surface area contributed by atoms with E-state index in [9.17, 15) is 0 Å². The maximum atomic E-state index is 8.78. The SMILES string of the molecule is COc1ccccc1Nc1ccc(C#N)cc1Cl. The van der Waals surface area contributed by atoms with Gasteiger partial charge in [0.2, 0.25) is 0 Å². The smallest absolute Gasteiger partial charge is 0.142 e. The number of nitrogens with one attached hydrogen (secondary N) is 1. The Morgan fingerprint density at radius 1 is 1.17 bits per heavy atom. The summed E-state index contributed by atoms with van der Waals surface area (Å²) in [7, 11) is 1.61. The number of nitrogens with zero attached hydrogens (tertiary/aromatic N) is 1. The molecule has 3 nitrogen and oxygen atoms in total. The number of hydrogen-bond donors (Lipinski definition) is 1.